The van der Waals surface area contributed by atoms with Gasteiger partial charge in [-0.1, -0.05) is 34.1 Å². The Balaban J connectivity index is 1.68. The number of halogens is 2. The van der Waals surface area contributed by atoms with Gasteiger partial charge in [-0.25, -0.2) is 9.37 Å². The molecule has 0 spiro atoms. The van der Waals surface area contributed by atoms with Gasteiger partial charge in [0.25, 0.3) is 5.91 Å². The maximum absolute atomic E-state index is 14.0. The van der Waals surface area contributed by atoms with E-state index < -0.39 is 11.7 Å². The molecule has 0 unspecified atom stereocenters. The lowest BCUT2D eigenvalue weighted by atomic mass is 9.97. The first-order chi connectivity index (χ1) is 13.5. The smallest absolute Gasteiger partial charge is 0.256 e. The lowest BCUT2D eigenvalue weighted by molar-refractivity contribution is 0.0996. The van der Waals surface area contributed by atoms with Crippen molar-refractivity contribution in [2.75, 3.05) is 5.32 Å². The van der Waals surface area contributed by atoms with E-state index in [2.05, 4.69) is 37.5 Å². The summed E-state index contributed by atoms with van der Waals surface area (Å²) in [5, 5.41) is 2.52. The Morgan fingerprint density at radius 1 is 1.04 bits per heavy atom. The number of hydrogen-bond donors (Lipinski definition) is 2. The summed E-state index contributed by atoms with van der Waals surface area (Å²) >= 11 is 3.24. The molecule has 28 heavy (non-hydrogen) atoms. The van der Waals surface area contributed by atoms with E-state index in [0.717, 1.165) is 0 Å². The number of carbonyl (C=O) groups is 2. The van der Waals surface area contributed by atoms with Crippen LogP contribution in [0.5, 0.6) is 0 Å². The maximum atomic E-state index is 14.0. The molecule has 2 N–H and O–H groups in total. The zero-order valence-corrected chi connectivity index (χ0v) is 15.9. The number of nitrogens with zero attached hydrogens (tertiary/aromatic N) is 1. The van der Waals surface area contributed by atoms with E-state index in [-0.39, 0.29) is 22.6 Å². The molecular formula is C21H12BrFN3O2. The lowest BCUT2D eigenvalue weighted by Crippen LogP contribution is -2.17. The molecule has 3 aromatic carbocycles. The molecule has 1 aromatic heterocycles. The molecule has 0 saturated carbocycles. The number of benzene rings is 3. The summed E-state index contributed by atoms with van der Waals surface area (Å²) in [7, 11) is 0. The number of fused-ring (bicyclic) bond motifs is 1. The topological polar surface area (TPSA) is 74.8 Å². The average molecular weight is 437 g/mol. The zero-order chi connectivity index (χ0) is 19.7. The number of aromatic nitrogens is 2. The third kappa shape index (κ3) is 3.44. The quantitative estimate of drug-likeness (QED) is 0.453. The van der Waals surface area contributed by atoms with Crippen LogP contribution in [0.2, 0.25) is 0 Å². The largest absolute Gasteiger partial charge is 0.335 e. The van der Waals surface area contributed by atoms with Crippen molar-refractivity contribution >= 4 is 44.3 Å². The van der Waals surface area contributed by atoms with Gasteiger partial charge in [0.2, 0.25) is 0 Å². The third-order valence-corrected chi connectivity index (χ3v) is 4.71. The highest BCUT2D eigenvalue weighted by Crippen LogP contribution is 2.23. The molecular weight excluding hydrogens is 425 g/mol. The van der Waals surface area contributed by atoms with Gasteiger partial charge in [-0.3, -0.25) is 9.59 Å². The summed E-state index contributed by atoms with van der Waals surface area (Å²) in [6, 6.07) is 15.7. The fraction of sp³-hybridized carbons (Fsp3) is 0. The minimum atomic E-state index is -0.572. The van der Waals surface area contributed by atoms with Crippen LogP contribution in [0, 0.1) is 12.1 Å². The van der Waals surface area contributed by atoms with Crippen LogP contribution >= 0.6 is 15.9 Å². The molecule has 0 saturated heterocycles. The summed E-state index contributed by atoms with van der Waals surface area (Å²) < 4.78 is 14.6. The van der Waals surface area contributed by atoms with Crippen LogP contribution in [0.25, 0.3) is 11.0 Å². The second kappa shape index (κ2) is 7.36. The van der Waals surface area contributed by atoms with Crippen LogP contribution in [0.15, 0.2) is 65.1 Å². The molecule has 5 nitrogen and oxygen atoms in total. The highest BCUT2D eigenvalue weighted by molar-refractivity contribution is 9.10. The maximum Gasteiger partial charge on any atom is 0.256 e. The van der Waals surface area contributed by atoms with Gasteiger partial charge >= 0.3 is 0 Å². The number of amides is 1. The van der Waals surface area contributed by atoms with E-state index in [1.54, 1.807) is 36.4 Å². The van der Waals surface area contributed by atoms with E-state index >= 15 is 0 Å². The van der Waals surface area contributed by atoms with E-state index in [0.29, 0.717) is 21.1 Å². The van der Waals surface area contributed by atoms with Gasteiger partial charge in [0, 0.05) is 15.6 Å². The lowest BCUT2D eigenvalue weighted by Gasteiger charge is -2.11. The predicted octanol–water partition coefficient (Wildman–Crippen LogP) is 4.75. The molecule has 4 rings (SSSR count). The number of hydrogen-bond acceptors (Lipinski definition) is 3. The molecule has 0 aliphatic heterocycles. The van der Waals surface area contributed by atoms with Crippen molar-refractivity contribution in [1.82, 2.24) is 9.97 Å². The van der Waals surface area contributed by atoms with Crippen molar-refractivity contribution in [3.63, 3.8) is 0 Å². The first kappa shape index (κ1) is 18.1. The summed E-state index contributed by atoms with van der Waals surface area (Å²) in [5.41, 5.74) is 2.16. The number of rotatable bonds is 4. The number of carbonyl (C=O) groups excluding carboxylic acids is 2. The molecule has 0 bridgehead atoms. The Hall–Kier alpha value is -3.32. The van der Waals surface area contributed by atoms with Crippen LogP contribution in [0.3, 0.4) is 0 Å². The van der Waals surface area contributed by atoms with Gasteiger partial charge < -0.3 is 10.3 Å². The van der Waals surface area contributed by atoms with Crippen molar-refractivity contribution in [2.24, 2.45) is 0 Å². The third-order valence-electron chi connectivity index (χ3n) is 4.22. The van der Waals surface area contributed by atoms with Crippen LogP contribution in [0.4, 0.5) is 10.1 Å². The predicted molar refractivity (Wildman–Crippen MR) is 107 cm³/mol. The standard InChI is InChI=1S/C21H12BrFN3O2/c22-13-6-7-16(23)18(10-13)26-21(28)15-4-2-1-3-14(15)20(27)12-5-8-17-19(9-12)25-11-24-17/h1-10H,(H,24,25)(H,26,28). The molecule has 1 radical (unpaired) electrons. The van der Waals surface area contributed by atoms with Crippen LogP contribution in [-0.2, 0) is 0 Å². The zero-order valence-electron chi connectivity index (χ0n) is 14.3. The van der Waals surface area contributed by atoms with Crippen molar-refractivity contribution < 1.29 is 14.0 Å². The first-order valence-corrected chi connectivity index (χ1v) is 9.08. The summed E-state index contributed by atoms with van der Waals surface area (Å²) in [6.45, 7) is 0. The summed E-state index contributed by atoms with van der Waals surface area (Å²) in [5.74, 6) is -1.46. The Labute approximate surface area is 167 Å². The van der Waals surface area contributed by atoms with Gasteiger partial charge in [-0.05, 0) is 42.5 Å². The Morgan fingerprint density at radius 3 is 2.64 bits per heavy atom. The summed E-state index contributed by atoms with van der Waals surface area (Å²) in [6.07, 6.45) is 2.62. The fourth-order valence-corrected chi connectivity index (χ4v) is 3.20. The van der Waals surface area contributed by atoms with Crippen LogP contribution in [-0.4, -0.2) is 21.7 Å². The molecule has 0 atom stereocenters. The number of ketones is 1. The van der Waals surface area contributed by atoms with Gasteiger partial charge in [-0.2, -0.15) is 0 Å². The fourth-order valence-electron chi connectivity index (χ4n) is 2.84. The van der Waals surface area contributed by atoms with Crippen molar-refractivity contribution in [3.05, 3.63) is 94.0 Å². The van der Waals surface area contributed by atoms with Gasteiger partial charge in [0.05, 0.1) is 22.3 Å². The molecule has 0 fully saturated rings. The summed E-state index contributed by atoms with van der Waals surface area (Å²) in [4.78, 5) is 32.6. The number of imidazole rings is 1. The Bertz CT molecular complexity index is 1220. The van der Waals surface area contributed by atoms with E-state index in [9.17, 15) is 14.0 Å². The van der Waals surface area contributed by atoms with E-state index in [1.807, 2.05) is 0 Å². The molecule has 1 amide bonds. The molecule has 4 aromatic rings. The van der Waals surface area contributed by atoms with Gasteiger partial charge in [-0.15, -0.1) is 0 Å². The number of aromatic amines is 1. The SMILES string of the molecule is O=C(Nc1cc(Br)ccc1F)c1ccccc1C(=O)c1ccc2n[c][nH]c2c1. The van der Waals surface area contributed by atoms with Crippen LogP contribution in [0.1, 0.15) is 26.3 Å². The molecule has 0 aliphatic carbocycles. The van der Waals surface area contributed by atoms with Crippen LogP contribution < -0.4 is 5.32 Å². The normalized spacial score (nSPS) is 10.8. The number of nitrogens with one attached hydrogen (secondary N) is 2. The Kier molecular flexibility index (Phi) is 4.75. The Morgan fingerprint density at radius 2 is 1.82 bits per heavy atom. The number of H-pyrrole nitrogens is 1. The molecule has 7 heteroatoms. The number of anilines is 1. The first-order valence-electron chi connectivity index (χ1n) is 8.29. The van der Waals surface area contributed by atoms with E-state index in [1.165, 1.54) is 24.3 Å². The minimum Gasteiger partial charge on any atom is -0.335 e. The second-order valence-electron chi connectivity index (χ2n) is 6.03. The second-order valence-corrected chi connectivity index (χ2v) is 6.95. The minimum absolute atomic E-state index is 0.0241. The highest BCUT2D eigenvalue weighted by atomic mass is 79.9. The van der Waals surface area contributed by atoms with Crippen molar-refractivity contribution in [2.45, 2.75) is 0 Å². The van der Waals surface area contributed by atoms with Gasteiger partial charge in [0.1, 0.15) is 5.82 Å². The molecule has 1 heterocycles. The molecule has 137 valence electrons. The monoisotopic (exact) mass is 436 g/mol. The molecule has 0 aliphatic rings. The van der Waals surface area contributed by atoms with E-state index in [4.69, 9.17) is 0 Å². The van der Waals surface area contributed by atoms with Crippen molar-refractivity contribution in [1.29, 1.82) is 0 Å². The van der Waals surface area contributed by atoms with Crippen molar-refractivity contribution in [3.8, 4) is 0 Å². The average Bonchev–Trinajstić information content (AvgIpc) is 3.18. The van der Waals surface area contributed by atoms with Gasteiger partial charge in [0.15, 0.2) is 12.1 Å². The highest BCUT2D eigenvalue weighted by Gasteiger charge is 2.19.